The lowest BCUT2D eigenvalue weighted by atomic mass is 10.1. The van der Waals surface area contributed by atoms with Gasteiger partial charge in [-0.15, -0.1) is 0 Å². The van der Waals surface area contributed by atoms with Gasteiger partial charge in [0.2, 0.25) is 5.91 Å². The highest BCUT2D eigenvalue weighted by molar-refractivity contribution is 5.82. The van der Waals surface area contributed by atoms with Crippen molar-refractivity contribution in [3.05, 3.63) is 47.5 Å². The van der Waals surface area contributed by atoms with Crippen LogP contribution in [0.15, 0.2) is 36.4 Å². The van der Waals surface area contributed by atoms with Crippen LogP contribution >= 0.6 is 0 Å². The lowest BCUT2D eigenvalue weighted by Gasteiger charge is -2.24. The second-order valence-electron chi connectivity index (χ2n) is 6.61. The maximum Gasteiger partial charge on any atom is 0.239 e. The molecule has 2 aromatic rings. The third-order valence-corrected chi connectivity index (χ3v) is 4.92. The zero-order valence-corrected chi connectivity index (χ0v) is 16.2. The first-order valence-electron chi connectivity index (χ1n) is 8.97. The summed E-state index contributed by atoms with van der Waals surface area (Å²) in [6, 6.07) is 12.1. The van der Waals surface area contributed by atoms with Gasteiger partial charge in [-0.1, -0.05) is 18.2 Å². The minimum Gasteiger partial charge on any atom is -0.496 e. The summed E-state index contributed by atoms with van der Waals surface area (Å²) in [4.78, 5) is 14.7. The summed E-state index contributed by atoms with van der Waals surface area (Å²) >= 11 is 0. The molecule has 0 aliphatic carbocycles. The molecule has 6 heteroatoms. The SMILES string of the molecule is COc1cc(OC)c(OC)cc1CNC(=O)CN1c2ccccc2CC1C. The van der Waals surface area contributed by atoms with Crippen LogP contribution in [-0.4, -0.2) is 39.8 Å². The molecule has 0 bridgehead atoms. The van der Waals surface area contributed by atoms with E-state index < -0.39 is 0 Å². The van der Waals surface area contributed by atoms with Crippen molar-refractivity contribution in [2.24, 2.45) is 0 Å². The van der Waals surface area contributed by atoms with Crippen LogP contribution in [0.5, 0.6) is 17.2 Å². The van der Waals surface area contributed by atoms with Gasteiger partial charge in [-0.25, -0.2) is 0 Å². The summed E-state index contributed by atoms with van der Waals surface area (Å²) in [7, 11) is 4.75. The minimum absolute atomic E-state index is 0.0320. The number of rotatable bonds is 7. The lowest BCUT2D eigenvalue weighted by Crippen LogP contribution is -2.39. The molecule has 0 saturated heterocycles. The van der Waals surface area contributed by atoms with Gasteiger partial charge in [0.05, 0.1) is 27.9 Å². The van der Waals surface area contributed by atoms with E-state index >= 15 is 0 Å². The average molecular weight is 370 g/mol. The van der Waals surface area contributed by atoms with E-state index in [2.05, 4.69) is 29.3 Å². The van der Waals surface area contributed by atoms with Gasteiger partial charge in [-0.2, -0.15) is 0 Å². The molecule has 144 valence electrons. The van der Waals surface area contributed by atoms with Crippen molar-refractivity contribution < 1.29 is 19.0 Å². The van der Waals surface area contributed by atoms with E-state index in [4.69, 9.17) is 14.2 Å². The molecule has 0 saturated carbocycles. The Morgan fingerprint density at radius 3 is 2.44 bits per heavy atom. The van der Waals surface area contributed by atoms with E-state index in [0.717, 1.165) is 17.7 Å². The van der Waals surface area contributed by atoms with Crippen LogP contribution in [0, 0.1) is 0 Å². The lowest BCUT2D eigenvalue weighted by molar-refractivity contribution is -0.120. The van der Waals surface area contributed by atoms with E-state index in [0.29, 0.717) is 36.4 Å². The Labute approximate surface area is 160 Å². The van der Waals surface area contributed by atoms with Crippen LogP contribution < -0.4 is 24.4 Å². The number of ether oxygens (including phenoxy) is 3. The number of fused-ring (bicyclic) bond motifs is 1. The van der Waals surface area contributed by atoms with E-state index in [1.54, 1.807) is 27.4 Å². The van der Waals surface area contributed by atoms with E-state index in [9.17, 15) is 4.79 Å². The van der Waals surface area contributed by atoms with Crippen molar-refractivity contribution in [2.75, 3.05) is 32.8 Å². The molecule has 1 atom stereocenters. The van der Waals surface area contributed by atoms with Crippen molar-refractivity contribution >= 4 is 11.6 Å². The normalized spacial score (nSPS) is 15.3. The molecule has 0 radical (unpaired) electrons. The molecule has 1 unspecified atom stereocenters. The number of benzene rings is 2. The number of nitrogens with zero attached hydrogens (tertiary/aromatic N) is 1. The predicted octanol–water partition coefficient (Wildman–Crippen LogP) is 2.78. The average Bonchev–Trinajstić information content (AvgIpc) is 3.00. The molecule has 0 fully saturated rings. The van der Waals surface area contributed by atoms with Gasteiger partial charge in [-0.3, -0.25) is 4.79 Å². The summed E-state index contributed by atoms with van der Waals surface area (Å²) in [6.07, 6.45) is 0.965. The number of para-hydroxylation sites is 1. The number of hydrogen-bond donors (Lipinski definition) is 1. The Morgan fingerprint density at radius 1 is 1.07 bits per heavy atom. The largest absolute Gasteiger partial charge is 0.496 e. The van der Waals surface area contributed by atoms with Gasteiger partial charge in [-0.05, 0) is 31.0 Å². The van der Waals surface area contributed by atoms with Crippen LogP contribution in [-0.2, 0) is 17.8 Å². The third kappa shape index (κ3) is 3.94. The second kappa shape index (κ2) is 8.20. The number of hydrogen-bond acceptors (Lipinski definition) is 5. The Morgan fingerprint density at radius 2 is 1.74 bits per heavy atom. The van der Waals surface area contributed by atoms with Gasteiger partial charge in [0, 0.05) is 29.9 Å². The minimum atomic E-state index is -0.0320. The molecule has 3 rings (SSSR count). The van der Waals surface area contributed by atoms with Crippen molar-refractivity contribution in [1.82, 2.24) is 5.32 Å². The highest BCUT2D eigenvalue weighted by atomic mass is 16.5. The zero-order chi connectivity index (χ0) is 19.4. The Kier molecular flexibility index (Phi) is 5.74. The first-order chi connectivity index (χ1) is 13.1. The molecule has 1 N–H and O–H groups in total. The van der Waals surface area contributed by atoms with Crippen LogP contribution in [0.2, 0.25) is 0 Å². The van der Waals surface area contributed by atoms with Crippen LogP contribution in [0.4, 0.5) is 5.69 Å². The Bertz CT molecular complexity index is 822. The third-order valence-electron chi connectivity index (χ3n) is 4.92. The van der Waals surface area contributed by atoms with E-state index in [1.807, 2.05) is 18.2 Å². The molecular formula is C21H26N2O4. The number of nitrogens with one attached hydrogen (secondary N) is 1. The predicted molar refractivity (Wildman–Crippen MR) is 105 cm³/mol. The summed E-state index contributed by atoms with van der Waals surface area (Å²) in [5.41, 5.74) is 3.27. The van der Waals surface area contributed by atoms with Crippen LogP contribution in [0.25, 0.3) is 0 Å². The van der Waals surface area contributed by atoms with Crippen molar-refractivity contribution in [3.63, 3.8) is 0 Å². The van der Waals surface area contributed by atoms with Crippen molar-refractivity contribution in [2.45, 2.75) is 25.9 Å². The molecule has 1 amide bonds. The monoisotopic (exact) mass is 370 g/mol. The van der Waals surface area contributed by atoms with Crippen LogP contribution in [0.3, 0.4) is 0 Å². The molecule has 1 aliphatic heterocycles. The maximum atomic E-state index is 12.6. The number of methoxy groups -OCH3 is 3. The zero-order valence-electron chi connectivity index (χ0n) is 16.2. The fourth-order valence-electron chi connectivity index (χ4n) is 3.51. The highest BCUT2D eigenvalue weighted by Gasteiger charge is 2.27. The summed E-state index contributed by atoms with van der Waals surface area (Å²) in [6.45, 7) is 2.82. The number of carbonyl (C=O) groups is 1. The number of anilines is 1. The fraction of sp³-hybridized carbons (Fsp3) is 0.381. The summed E-state index contributed by atoms with van der Waals surface area (Å²) in [5.74, 6) is 1.81. The van der Waals surface area contributed by atoms with Crippen molar-refractivity contribution in [1.29, 1.82) is 0 Å². The first-order valence-corrected chi connectivity index (χ1v) is 8.97. The molecule has 2 aromatic carbocycles. The first kappa shape index (κ1) is 18.9. The fourth-order valence-corrected chi connectivity index (χ4v) is 3.51. The molecule has 0 aromatic heterocycles. The van der Waals surface area contributed by atoms with E-state index in [1.165, 1.54) is 5.56 Å². The summed E-state index contributed by atoms with van der Waals surface area (Å²) < 4.78 is 16.1. The highest BCUT2D eigenvalue weighted by Crippen LogP contribution is 2.34. The van der Waals surface area contributed by atoms with Gasteiger partial charge >= 0.3 is 0 Å². The summed E-state index contributed by atoms with van der Waals surface area (Å²) in [5, 5.41) is 2.98. The van der Waals surface area contributed by atoms with E-state index in [-0.39, 0.29) is 5.91 Å². The quantitative estimate of drug-likeness (QED) is 0.812. The number of carbonyl (C=O) groups excluding carboxylic acids is 1. The smallest absolute Gasteiger partial charge is 0.239 e. The molecule has 27 heavy (non-hydrogen) atoms. The molecule has 1 heterocycles. The molecule has 1 aliphatic rings. The molecule has 0 spiro atoms. The Balaban J connectivity index is 1.68. The molecule has 6 nitrogen and oxygen atoms in total. The second-order valence-corrected chi connectivity index (χ2v) is 6.61. The standard InChI is InChI=1S/C21H26N2O4/c1-14-9-15-7-5-6-8-17(15)23(14)13-21(24)22-12-16-10-19(26-3)20(27-4)11-18(16)25-2/h5-8,10-11,14H,9,12-13H2,1-4H3,(H,22,24). The van der Waals surface area contributed by atoms with Gasteiger partial charge < -0.3 is 24.4 Å². The molecular weight excluding hydrogens is 344 g/mol. The number of amides is 1. The van der Waals surface area contributed by atoms with Crippen LogP contribution in [0.1, 0.15) is 18.1 Å². The van der Waals surface area contributed by atoms with Gasteiger partial charge in [0.1, 0.15) is 5.75 Å². The van der Waals surface area contributed by atoms with Gasteiger partial charge in [0.25, 0.3) is 0 Å². The Hall–Kier alpha value is -2.89. The topological polar surface area (TPSA) is 60.0 Å². The van der Waals surface area contributed by atoms with Crippen molar-refractivity contribution in [3.8, 4) is 17.2 Å². The maximum absolute atomic E-state index is 12.6. The van der Waals surface area contributed by atoms with Gasteiger partial charge in [0.15, 0.2) is 11.5 Å².